The largest absolute Gasteiger partial charge is 0.471 e. The number of nitrogens with zero attached hydrogens (tertiary/aromatic N) is 5. The zero-order chi connectivity index (χ0) is 23.1. The standard InChI is InChI=1S/C19H16F3N5O4/c1-10-13(9-23)15(28)26(2)18(10,17(29)27(3)30-4)12-7-5-11(6-8-12)14-24-16(31-25-14)19(20,21)22/h5-8H,1-4H3. The molecule has 0 radical (unpaired) electrons. The third-order valence-corrected chi connectivity index (χ3v) is 5.15. The quantitative estimate of drug-likeness (QED) is 0.677. The molecule has 1 atom stereocenters. The number of carbonyl (C=O) groups excluding carboxylic acids is 2. The molecule has 2 aromatic rings. The summed E-state index contributed by atoms with van der Waals surface area (Å²) >= 11 is 0. The molecule has 0 saturated carbocycles. The number of hydrogen-bond donors (Lipinski definition) is 0. The zero-order valence-electron chi connectivity index (χ0n) is 16.8. The summed E-state index contributed by atoms with van der Waals surface area (Å²) < 4.78 is 42.4. The Kier molecular flexibility index (Phi) is 5.33. The molecule has 2 amide bonds. The summed E-state index contributed by atoms with van der Waals surface area (Å²) in [4.78, 5) is 35.4. The average molecular weight is 435 g/mol. The van der Waals surface area contributed by atoms with Crippen molar-refractivity contribution in [2.45, 2.75) is 18.6 Å². The smallest absolute Gasteiger partial charge is 0.329 e. The van der Waals surface area contributed by atoms with E-state index >= 15 is 0 Å². The van der Waals surface area contributed by atoms with Crippen molar-refractivity contribution < 1.29 is 32.1 Å². The van der Waals surface area contributed by atoms with Crippen LogP contribution in [-0.4, -0.2) is 53.1 Å². The van der Waals surface area contributed by atoms with Gasteiger partial charge in [-0.15, -0.1) is 0 Å². The first-order valence-electron chi connectivity index (χ1n) is 8.73. The molecule has 0 N–H and O–H groups in total. The predicted molar refractivity (Wildman–Crippen MR) is 97.3 cm³/mol. The van der Waals surface area contributed by atoms with Crippen molar-refractivity contribution in [3.05, 3.63) is 46.9 Å². The highest BCUT2D eigenvalue weighted by Gasteiger charge is 2.56. The highest BCUT2D eigenvalue weighted by molar-refractivity contribution is 6.09. The molecule has 0 aliphatic carbocycles. The number of rotatable bonds is 4. The average Bonchev–Trinajstić information content (AvgIpc) is 3.31. The van der Waals surface area contributed by atoms with Gasteiger partial charge in [-0.25, -0.2) is 5.06 Å². The molecule has 1 unspecified atom stereocenters. The minimum Gasteiger partial charge on any atom is -0.329 e. The van der Waals surface area contributed by atoms with E-state index in [1.165, 1.54) is 52.4 Å². The number of carbonyl (C=O) groups is 2. The molecule has 1 aromatic carbocycles. The van der Waals surface area contributed by atoms with Gasteiger partial charge >= 0.3 is 12.1 Å². The van der Waals surface area contributed by atoms with Crippen molar-refractivity contribution in [3.8, 4) is 17.5 Å². The Hall–Kier alpha value is -3.72. The lowest BCUT2D eigenvalue weighted by Crippen LogP contribution is -2.54. The monoisotopic (exact) mass is 435 g/mol. The molecular weight excluding hydrogens is 419 g/mol. The van der Waals surface area contributed by atoms with Crippen molar-refractivity contribution in [3.63, 3.8) is 0 Å². The number of benzene rings is 1. The molecule has 162 valence electrons. The molecule has 0 spiro atoms. The van der Waals surface area contributed by atoms with E-state index in [0.29, 0.717) is 5.56 Å². The summed E-state index contributed by atoms with van der Waals surface area (Å²) in [5.74, 6) is -3.07. The van der Waals surface area contributed by atoms with E-state index < -0.39 is 29.4 Å². The predicted octanol–water partition coefficient (Wildman–Crippen LogP) is 2.28. The van der Waals surface area contributed by atoms with Crippen LogP contribution in [0.1, 0.15) is 18.4 Å². The molecule has 31 heavy (non-hydrogen) atoms. The van der Waals surface area contributed by atoms with E-state index in [4.69, 9.17) is 4.84 Å². The van der Waals surface area contributed by atoms with Crippen LogP contribution in [0.4, 0.5) is 13.2 Å². The minimum absolute atomic E-state index is 0.183. The normalized spacial score (nSPS) is 19.0. The Balaban J connectivity index is 2.13. The summed E-state index contributed by atoms with van der Waals surface area (Å²) in [6.45, 7) is 1.49. The van der Waals surface area contributed by atoms with Gasteiger partial charge in [0.15, 0.2) is 5.54 Å². The third kappa shape index (κ3) is 3.23. The highest BCUT2D eigenvalue weighted by atomic mass is 19.4. The number of alkyl halides is 3. The summed E-state index contributed by atoms with van der Waals surface area (Å²) in [7, 11) is 4.00. The lowest BCUT2D eigenvalue weighted by Gasteiger charge is -2.38. The van der Waals surface area contributed by atoms with E-state index in [1.807, 2.05) is 6.07 Å². The molecule has 1 aromatic heterocycles. The second kappa shape index (κ2) is 7.51. The number of hydrogen-bond acceptors (Lipinski definition) is 7. The van der Waals surface area contributed by atoms with Crippen LogP contribution in [0.2, 0.25) is 0 Å². The van der Waals surface area contributed by atoms with E-state index in [0.717, 1.165) is 9.96 Å². The molecule has 2 heterocycles. The van der Waals surface area contributed by atoms with E-state index in [-0.39, 0.29) is 22.5 Å². The highest BCUT2D eigenvalue weighted by Crippen LogP contribution is 2.44. The summed E-state index contributed by atoms with van der Waals surface area (Å²) in [5, 5.41) is 13.7. The summed E-state index contributed by atoms with van der Waals surface area (Å²) in [5.41, 5.74) is -1.18. The van der Waals surface area contributed by atoms with Crippen LogP contribution in [0.15, 0.2) is 39.9 Å². The van der Waals surface area contributed by atoms with Crippen LogP contribution in [0.25, 0.3) is 11.4 Å². The van der Waals surface area contributed by atoms with E-state index in [1.54, 1.807) is 0 Å². The van der Waals surface area contributed by atoms with Crippen LogP contribution in [0.5, 0.6) is 0 Å². The van der Waals surface area contributed by atoms with Gasteiger partial charge in [0.2, 0.25) is 5.82 Å². The van der Waals surface area contributed by atoms with Crippen LogP contribution < -0.4 is 0 Å². The molecule has 0 bridgehead atoms. The second-order valence-corrected chi connectivity index (χ2v) is 6.67. The first kappa shape index (κ1) is 22.0. The van der Waals surface area contributed by atoms with Gasteiger partial charge in [-0.3, -0.25) is 14.4 Å². The van der Waals surface area contributed by atoms with Gasteiger partial charge in [-0.05, 0) is 18.1 Å². The zero-order valence-corrected chi connectivity index (χ0v) is 16.8. The number of aromatic nitrogens is 2. The fourth-order valence-corrected chi connectivity index (χ4v) is 3.51. The van der Waals surface area contributed by atoms with Gasteiger partial charge in [0.05, 0.1) is 7.11 Å². The van der Waals surface area contributed by atoms with Crippen LogP contribution >= 0.6 is 0 Å². The van der Waals surface area contributed by atoms with Gasteiger partial charge in [0, 0.05) is 19.7 Å². The number of amides is 2. The fourth-order valence-electron chi connectivity index (χ4n) is 3.51. The molecule has 0 fully saturated rings. The molecule has 3 rings (SSSR count). The van der Waals surface area contributed by atoms with Crippen molar-refractivity contribution >= 4 is 11.8 Å². The molecule has 9 nitrogen and oxygen atoms in total. The molecule has 1 aliphatic rings. The van der Waals surface area contributed by atoms with E-state index in [2.05, 4.69) is 14.7 Å². The van der Waals surface area contributed by atoms with Gasteiger partial charge in [0.25, 0.3) is 11.8 Å². The van der Waals surface area contributed by atoms with Crippen LogP contribution in [0, 0.1) is 11.3 Å². The first-order valence-corrected chi connectivity index (χ1v) is 8.73. The third-order valence-electron chi connectivity index (χ3n) is 5.15. The minimum atomic E-state index is -4.78. The van der Waals surface area contributed by atoms with Gasteiger partial charge in [-0.2, -0.15) is 23.4 Å². The fraction of sp³-hybridized carbons (Fsp3) is 0.316. The molecule has 12 heteroatoms. The Labute approximate surface area is 174 Å². The first-order chi connectivity index (χ1) is 14.5. The molecule has 1 aliphatic heterocycles. The van der Waals surface area contributed by atoms with Crippen LogP contribution in [-0.2, 0) is 26.1 Å². The van der Waals surface area contributed by atoms with Crippen molar-refractivity contribution in [2.75, 3.05) is 21.2 Å². The Morgan fingerprint density at radius 1 is 1.32 bits per heavy atom. The Morgan fingerprint density at radius 2 is 1.94 bits per heavy atom. The maximum absolute atomic E-state index is 13.3. The number of nitriles is 1. The topological polar surface area (TPSA) is 113 Å². The maximum Gasteiger partial charge on any atom is 0.471 e. The second-order valence-electron chi connectivity index (χ2n) is 6.67. The van der Waals surface area contributed by atoms with E-state index in [9.17, 15) is 28.0 Å². The lowest BCUT2D eigenvalue weighted by atomic mass is 9.81. The lowest BCUT2D eigenvalue weighted by molar-refractivity contribution is -0.180. The number of likely N-dealkylation sites (N-methyl/N-ethyl adjacent to an activating group) is 2. The SMILES string of the molecule is CON(C)C(=O)C1(c2ccc(-c3noc(C(F)(F)F)n3)cc2)C(C)=C(C#N)C(=O)N1C. The van der Waals surface area contributed by atoms with Gasteiger partial charge < -0.3 is 9.42 Å². The Bertz CT molecular complexity index is 1120. The number of hydroxylamine groups is 2. The van der Waals surface area contributed by atoms with Gasteiger partial charge in [-0.1, -0.05) is 29.4 Å². The summed E-state index contributed by atoms with van der Waals surface area (Å²) in [6, 6.07) is 7.47. The Morgan fingerprint density at radius 3 is 2.39 bits per heavy atom. The maximum atomic E-state index is 13.3. The molecular formula is C19H16F3N5O4. The summed E-state index contributed by atoms with van der Waals surface area (Å²) in [6.07, 6.45) is -4.78. The van der Waals surface area contributed by atoms with Gasteiger partial charge in [0.1, 0.15) is 11.6 Å². The van der Waals surface area contributed by atoms with Crippen LogP contribution in [0.3, 0.4) is 0 Å². The van der Waals surface area contributed by atoms with Crippen molar-refractivity contribution in [1.82, 2.24) is 20.1 Å². The molecule has 0 saturated heterocycles. The van der Waals surface area contributed by atoms with Crippen molar-refractivity contribution in [2.24, 2.45) is 0 Å². The number of halogens is 3. The van der Waals surface area contributed by atoms with Crippen molar-refractivity contribution in [1.29, 1.82) is 5.26 Å².